The molecule has 88 valence electrons. The molecule has 0 spiro atoms. The van der Waals surface area contributed by atoms with Gasteiger partial charge in [-0.15, -0.1) is 0 Å². The Balaban J connectivity index is 2.06. The van der Waals surface area contributed by atoms with Gasteiger partial charge in [0.25, 0.3) is 0 Å². The van der Waals surface area contributed by atoms with Crippen LogP contribution in [0.1, 0.15) is 31.7 Å². The molecule has 1 N–H and O–H groups in total. The molecular formula is C13H16F2O. The molecule has 0 heterocycles. The van der Waals surface area contributed by atoms with Gasteiger partial charge in [0, 0.05) is 12.5 Å². The number of halogens is 2. The van der Waals surface area contributed by atoms with E-state index in [-0.39, 0.29) is 0 Å². The number of benzene rings is 1. The standard InChI is InChI=1S/C13H16F2O/c1-13(16,7-9-2-3-9)8-10-4-11(14)6-12(15)5-10/h4-6,9,16H,2-3,7-8H2,1H3. The van der Waals surface area contributed by atoms with Gasteiger partial charge in [0.05, 0.1) is 5.60 Å². The molecule has 1 aromatic rings. The number of rotatable bonds is 4. The molecule has 0 bridgehead atoms. The molecule has 0 aliphatic heterocycles. The van der Waals surface area contributed by atoms with Crippen LogP contribution in [0.5, 0.6) is 0 Å². The summed E-state index contributed by atoms with van der Waals surface area (Å²) in [7, 11) is 0. The van der Waals surface area contributed by atoms with Gasteiger partial charge in [0.15, 0.2) is 0 Å². The minimum Gasteiger partial charge on any atom is -0.390 e. The van der Waals surface area contributed by atoms with E-state index in [0.717, 1.165) is 18.9 Å². The second-order valence-electron chi connectivity index (χ2n) is 5.10. The Morgan fingerprint density at radius 2 is 1.81 bits per heavy atom. The van der Waals surface area contributed by atoms with Crippen LogP contribution in [-0.2, 0) is 6.42 Å². The average Bonchev–Trinajstić information content (AvgIpc) is 2.83. The van der Waals surface area contributed by atoms with Gasteiger partial charge in [-0.2, -0.15) is 0 Å². The lowest BCUT2D eigenvalue weighted by atomic mass is 9.91. The highest BCUT2D eigenvalue weighted by molar-refractivity contribution is 5.19. The van der Waals surface area contributed by atoms with Crippen molar-refractivity contribution in [2.45, 2.75) is 38.2 Å². The molecule has 0 radical (unpaired) electrons. The Kier molecular flexibility index (Phi) is 2.98. The normalized spacial score (nSPS) is 19.5. The summed E-state index contributed by atoms with van der Waals surface area (Å²) >= 11 is 0. The lowest BCUT2D eigenvalue weighted by molar-refractivity contribution is 0.0454. The van der Waals surface area contributed by atoms with Crippen LogP contribution in [0, 0.1) is 17.6 Å². The maximum Gasteiger partial charge on any atom is 0.126 e. The van der Waals surface area contributed by atoms with Crippen molar-refractivity contribution in [3.63, 3.8) is 0 Å². The van der Waals surface area contributed by atoms with Gasteiger partial charge in [0.2, 0.25) is 0 Å². The number of aliphatic hydroxyl groups is 1. The van der Waals surface area contributed by atoms with Gasteiger partial charge >= 0.3 is 0 Å². The monoisotopic (exact) mass is 226 g/mol. The zero-order valence-electron chi connectivity index (χ0n) is 9.34. The Hall–Kier alpha value is -0.960. The van der Waals surface area contributed by atoms with Gasteiger partial charge in [-0.25, -0.2) is 8.78 Å². The molecule has 1 saturated carbocycles. The van der Waals surface area contributed by atoms with Crippen LogP contribution < -0.4 is 0 Å². The first kappa shape index (κ1) is 11.5. The summed E-state index contributed by atoms with van der Waals surface area (Å²) in [6, 6.07) is 3.41. The van der Waals surface area contributed by atoms with Crippen molar-refractivity contribution in [1.29, 1.82) is 0 Å². The first-order chi connectivity index (χ1) is 7.44. The van der Waals surface area contributed by atoms with E-state index in [2.05, 4.69) is 0 Å². The van der Waals surface area contributed by atoms with Gasteiger partial charge in [0.1, 0.15) is 11.6 Å². The molecule has 0 saturated heterocycles. The minimum absolute atomic E-state index is 0.304. The van der Waals surface area contributed by atoms with E-state index < -0.39 is 17.2 Å². The molecule has 3 heteroatoms. The van der Waals surface area contributed by atoms with E-state index in [1.165, 1.54) is 12.1 Å². The van der Waals surface area contributed by atoms with Crippen LogP contribution >= 0.6 is 0 Å². The third-order valence-corrected chi connectivity index (χ3v) is 2.93. The molecule has 1 unspecified atom stereocenters. The van der Waals surface area contributed by atoms with Crippen LogP contribution in [0.2, 0.25) is 0 Å². The minimum atomic E-state index is -0.860. The second-order valence-corrected chi connectivity index (χ2v) is 5.10. The van der Waals surface area contributed by atoms with Crippen molar-refractivity contribution in [2.75, 3.05) is 0 Å². The Morgan fingerprint density at radius 1 is 1.25 bits per heavy atom. The van der Waals surface area contributed by atoms with Crippen molar-refractivity contribution in [1.82, 2.24) is 0 Å². The van der Waals surface area contributed by atoms with E-state index in [9.17, 15) is 13.9 Å². The fourth-order valence-corrected chi connectivity index (χ4v) is 2.17. The first-order valence-electron chi connectivity index (χ1n) is 5.62. The Morgan fingerprint density at radius 3 is 2.31 bits per heavy atom. The van der Waals surface area contributed by atoms with E-state index in [1.54, 1.807) is 6.92 Å². The average molecular weight is 226 g/mol. The molecule has 2 rings (SSSR count). The summed E-state index contributed by atoms with van der Waals surface area (Å²) in [5, 5.41) is 10.1. The fourth-order valence-electron chi connectivity index (χ4n) is 2.17. The van der Waals surface area contributed by atoms with Gasteiger partial charge < -0.3 is 5.11 Å². The maximum atomic E-state index is 13.0. The van der Waals surface area contributed by atoms with E-state index in [4.69, 9.17) is 0 Å². The lowest BCUT2D eigenvalue weighted by Crippen LogP contribution is -2.27. The summed E-state index contributed by atoms with van der Waals surface area (Å²) in [5.41, 5.74) is -0.343. The first-order valence-corrected chi connectivity index (χ1v) is 5.62. The van der Waals surface area contributed by atoms with Crippen molar-refractivity contribution >= 4 is 0 Å². The van der Waals surface area contributed by atoms with E-state index in [1.807, 2.05) is 0 Å². The molecular weight excluding hydrogens is 210 g/mol. The highest BCUT2D eigenvalue weighted by Gasteiger charge is 2.31. The summed E-state index contributed by atoms with van der Waals surface area (Å²) in [4.78, 5) is 0. The Bertz CT molecular complexity index is 363. The molecule has 1 aromatic carbocycles. The third-order valence-electron chi connectivity index (χ3n) is 2.93. The highest BCUT2D eigenvalue weighted by Crippen LogP contribution is 2.37. The van der Waals surface area contributed by atoms with Crippen LogP contribution in [0.3, 0.4) is 0 Å². The molecule has 0 amide bonds. The molecule has 0 aromatic heterocycles. The topological polar surface area (TPSA) is 20.2 Å². The maximum absolute atomic E-state index is 13.0. The summed E-state index contributed by atoms with van der Waals surface area (Å²) in [5.74, 6) is -0.581. The Labute approximate surface area is 94.1 Å². The van der Waals surface area contributed by atoms with Gasteiger partial charge in [-0.1, -0.05) is 12.8 Å². The number of hydrogen-bond acceptors (Lipinski definition) is 1. The molecule has 1 atom stereocenters. The van der Waals surface area contributed by atoms with E-state index >= 15 is 0 Å². The summed E-state index contributed by atoms with van der Waals surface area (Å²) < 4.78 is 25.9. The number of hydrogen-bond donors (Lipinski definition) is 1. The second kappa shape index (κ2) is 4.13. The largest absolute Gasteiger partial charge is 0.390 e. The quantitative estimate of drug-likeness (QED) is 0.836. The summed E-state index contributed by atoms with van der Waals surface area (Å²) in [6.45, 7) is 1.73. The highest BCUT2D eigenvalue weighted by atomic mass is 19.1. The van der Waals surface area contributed by atoms with Crippen molar-refractivity contribution in [2.24, 2.45) is 5.92 Å². The van der Waals surface area contributed by atoms with Crippen molar-refractivity contribution < 1.29 is 13.9 Å². The van der Waals surface area contributed by atoms with Crippen LogP contribution in [0.4, 0.5) is 8.78 Å². The van der Waals surface area contributed by atoms with Crippen LogP contribution in [-0.4, -0.2) is 10.7 Å². The SMILES string of the molecule is CC(O)(Cc1cc(F)cc(F)c1)CC1CC1. The zero-order chi connectivity index (χ0) is 11.8. The molecule has 1 aliphatic carbocycles. The third kappa shape index (κ3) is 3.27. The smallest absolute Gasteiger partial charge is 0.126 e. The van der Waals surface area contributed by atoms with Gasteiger partial charge in [-0.3, -0.25) is 0 Å². The van der Waals surface area contributed by atoms with Crippen molar-refractivity contribution in [3.8, 4) is 0 Å². The van der Waals surface area contributed by atoms with Crippen molar-refractivity contribution in [3.05, 3.63) is 35.4 Å². The fraction of sp³-hybridized carbons (Fsp3) is 0.538. The van der Waals surface area contributed by atoms with Crippen LogP contribution in [0.15, 0.2) is 18.2 Å². The molecule has 1 aliphatic rings. The zero-order valence-corrected chi connectivity index (χ0v) is 9.34. The molecule has 1 nitrogen and oxygen atoms in total. The predicted molar refractivity (Wildman–Crippen MR) is 58.0 cm³/mol. The lowest BCUT2D eigenvalue weighted by Gasteiger charge is -2.23. The summed E-state index contributed by atoms with van der Waals surface area (Å²) in [6.07, 6.45) is 3.34. The van der Waals surface area contributed by atoms with Crippen LogP contribution in [0.25, 0.3) is 0 Å². The van der Waals surface area contributed by atoms with E-state index in [0.29, 0.717) is 24.3 Å². The molecule has 16 heavy (non-hydrogen) atoms. The van der Waals surface area contributed by atoms with Gasteiger partial charge in [-0.05, 0) is 37.0 Å². The molecule has 1 fully saturated rings. The predicted octanol–water partition coefficient (Wildman–Crippen LogP) is 3.06.